The van der Waals surface area contributed by atoms with Gasteiger partial charge in [-0.25, -0.2) is 4.79 Å². The molecule has 112 valence electrons. The molecule has 0 aromatic carbocycles. The molecule has 2 unspecified atom stereocenters. The smallest absolute Gasteiger partial charge is 0.317 e. The molecule has 2 aliphatic heterocycles. The summed E-state index contributed by atoms with van der Waals surface area (Å²) < 4.78 is 0. The minimum atomic E-state index is -0.628. The number of amides is 3. The first-order chi connectivity index (χ1) is 9.45. The van der Waals surface area contributed by atoms with E-state index in [1.807, 2.05) is 13.8 Å². The van der Waals surface area contributed by atoms with Crippen molar-refractivity contribution >= 4 is 17.8 Å². The Hall–Kier alpha value is -1.99. The summed E-state index contributed by atoms with van der Waals surface area (Å²) in [5.74, 6) is -0.890. The molecule has 8 nitrogen and oxygen atoms in total. The number of nitrogens with two attached hydrogens (primary N) is 1. The second kappa shape index (κ2) is 5.56. The molecule has 2 rings (SSSR count). The number of hydrogen-bond acceptors (Lipinski definition) is 4. The van der Waals surface area contributed by atoms with E-state index in [0.29, 0.717) is 26.2 Å². The molecule has 0 spiro atoms. The molecular formula is C12H21N5O3. The fourth-order valence-corrected chi connectivity index (χ4v) is 2.82. The van der Waals surface area contributed by atoms with Crippen LogP contribution in [0.5, 0.6) is 0 Å². The minimum absolute atomic E-state index is 0.0142. The molecule has 3 amide bonds. The number of carbonyl (C=O) groups excluding carboxylic acids is 2. The zero-order chi connectivity index (χ0) is 14.9. The maximum atomic E-state index is 12.5. The number of rotatable bonds is 3. The lowest BCUT2D eigenvalue weighted by molar-refractivity contribution is -0.136. The Morgan fingerprint density at radius 1 is 1.50 bits per heavy atom. The Balaban J connectivity index is 2.08. The van der Waals surface area contributed by atoms with Crippen molar-refractivity contribution in [2.24, 2.45) is 22.7 Å². The maximum absolute atomic E-state index is 12.5. The van der Waals surface area contributed by atoms with Gasteiger partial charge in [0.25, 0.3) is 0 Å². The van der Waals surface area contributed by atoms with Crippen molar-refractivity contribution in [3.8, 4) is 0 Å². The number of oxime groups is 1. The predicted molar refractivity (Wildman–Crippen MR) is 72.2 cm³/mol. The molecule has 0 aromatic rings. The van der Waals surface area contributed by atoms with Crippen LogP contribution in [-0.2, 0) is 4.79 Å². The van der Waals surface area contributed by atoms with E-state index in [9.17, 15) is 9.59 Å². The molecule has 0 bridgehead atoms. The van der Waals surface area contributed by atoms with Crippen molar-refractivity contribution in [2.45, 2.75) is 19.9 Å². The second-order valence-corrected chi connectivity index (χ2v) is 5.56. The van der Waals surface area contributed by atoms with Crippen LogP contribution in [0.25, 0.3) is 0 Å². The van der Waals surface area contributed by atoms with Crippen LogP contribution in [0.2, 0.25) is 0 Å². The highest BCUT2D eigenvalue weighted by atomic mass is 16.4. The molecule has 8 heteroatoms. The van der Waals surface area contributed by atoms with E-state index in [0.717, 1.165) is 0 Å². The number of carbonyl (C=O) groups is 2. The fraction of sp³-hybridized carbons (Fsp3) is 0.750. The normalized spacial score (nSPS) is 24.6. The predicted octanol–water partition coefficient (Wildman–Crippen LogP) is -0.759. The van der Waals surface area contributed by atoms with Crippen LogP contribution in [0.1, 0.15) is 13.8 Å². The lowest BCUT2D eigenvalue weighted by Crippen LogP contribution is -2.56. The summed E-state index contributed by atoms with van der Waals surface area (Å²) >= 11 is 0. The van der Waals surface area contributed by atoms with Gasteiger partial charge in [0.05, 0.1) is 6.04 Å². The van der Waals surface area contributed by atoms with E-state index in [2.05, 4.69) is 10.5 Å². The van der Waals surface area contributed by atoms with E-state index < -0.39 is 5.92 Å². The van der Waals surface area contributed by atoms with Crippen molar-refractivity contribution in [1.82, 2.24) is 15.1 Å². The van der Waals surface area contributed by atoms with Crippen LogP contribution in [0.15, 0.2) is 5.16 Å². The highest BCUT2D eigenvalue weighted by Gasteiger charge is 2.39. The molecule has 2 aliphatic rings. The van der Waals surface area contributed by atoms with E-state index in [1.165, 1.54) is 0 Å². The summed E-state index contributed by atoms with van der Waals surface area (Å²) in [6.45, 7) is 5.75. The van der Waals surface area contributed by atoms with E-state index in [1.54, 1.807) is 9.80 Å². The van der Waals surface area contributed by atoms with Gasteiger partial charge in [-0.1, -0.05) is 19.0 Å². The first kappa shape index (κ1) is 14.4. The van der Waals surface area contributed by atoms with Crippen LogP contribution in [-0.4, -0.2) is 65.0 Å². The summed E-state index contributed by atoms with van der Waals surface area (Å²) in [4.78, 5) is 27.5. The Morgan fingerprint density at radius 2 is 2.20 bits per heavy atom. The van der Waals surface area contributed by atoms with Gasteiger partial charge in [-0.3, -0.25) is 4.79 Å². The van der Waals surface area contributed by atoms with Crippen LogP contribution >= 0.6 is 0 Å². The van der Waals surface area contributed by atoms with Gasteiger partial charge in [0.1, 0.15) is 5.92 Å². The molecule has 4 N–H and O–H groups in total. The number of urea groups is 1. The number of fused-ring (bicyclic) bond motifs is 1. The standard InChI is InChI=1S/C12H21N5O3/c1-7(2)9(10(13)15-20)11(18)16-3-4-17-8(6-16)5-14-12(17)19/h7-9,20H,3-6H2,1-2H3,(H2,13,15)(H,14,19). The van der Waals surface area contributed by atoms with Crippen molar-refractivity contribution in [3.05, 3.63) is 0 Å². The monoisotopic (exact) mass is 283 g/mol. The lowest BCUT2D eigenvalue weighted by Gasteiger charge is -2.38. The average molecular weight is 283 g/mol. The quantitative estimate of drug-likeness (QED) is 0.273. The first-order valence-corrected chi connectivity index (χ1v) is 6.76. The summed E-state index contributed by atoms with van der Waals surface area (Å²) in [6.07, 6.45) is 0. The number of piperazine rings is 1. The minimum Gasteiger partial charge on any atom is -0.409 e. The van der Waals surface area contributed by atoms with Crippen molar-refractivity contribution < 1.29 is 14.8 Å². The fourth-order valence-electron chi connectivity index (χ4n) is 2.82. The average Bonchev–Trinajstić information content (AvgIpc) is 2.79. The van der Waals surface area contributed by atoms with Gasteiger partial charge in [0.2, 0.25) is 5.91 Å². The number of nitrogens with zero attached hydrogens (tertiary/aromatic N) is 3. The largest absolute Gasteiger partial charge is 0.409 e. The van der Waals surface area contributed by atoms with Crippen LogP contribution < -0.4 is 11.1 Å². The highest BCUT2D eigenvalue weighted by Crippen LogP contribution is 2.20. The molecule has 0 aromatic heterocycles. The molecule has 2 heterocycles. The van der Waals surface area contributed by atoms with Gasteiger partial charge < -0.3 is 26.1 Å². The third-order valence-corrected chi connectivity index (χ3v) is 3.91. The zero-order valence-corrected chi connectivity index (χ0v) is 11.7. The Kier molecular flexibility index (Phi) is 4.01. The Labute approximate surface area is 117 Å². The molecule has 0 saturated carbocycles. The topological polar surface area (TPSA) is 111 Å². The van der Waals surface area contributed by atoms with Gasteiger partial charge in [0.15, 0.2) is 5.84 Å². The van der Waals surface area contributed by atoms with Gasteiger partial charge in [-0.2, -0.15) is 0 Å². The second-order valence-electron chi connectivity index (χ2n) is 5.56. The lowest BCUT2D eigenvalue weighted by atomic mass is 9.92. The molecule has 0 radical (unpaired) electrons. The van der Waals surface area contributed by atoms with Crippen molar-refractivity contribution in [3.63, 3.8) is 0 Å². The SMILES string of the molecule is CC(C)C(C(=O)N1CCN2C(=O)NCC2C1)C(N)=NO. The Bertz CT molecular complexity index is 437. The van der Waals surface area contributed by atoms with E-state index in [-0.39, 0.29) is 29.7 Å². The molecule has 2 saturated heterocycles. The van der Waals surface area contributed by atoms with Crippen LogP contribution in [0.4, 0.5) is 4.79 Å². The molecule has 0 aliphatic carbocycles. The van der Waals surface area contributed by atoms with Crippen molar-refractivity contribution in [1.29, 1.82) is 0 Å². The number of hydrogen-bond donors (Lipinski definition) is 3. The summed E-state index contributed by atoms with van der Waals surface area (Å²) in [5.41, 5.74) is 5.63. The molecule has 2 fully saturated rings. The highest BCUT2D eigenvalue weighted by molar-refractivity contribution is 6.02. The molecule has 2 atom stereocenters. The van der Waals surface area contributed by atoms with Gasteiger partial charge in [-0.15, -0.1) is 0 Å². The van der Waals surface area contributed by atoms with E-state index in [4.69, 9.17) is 10.9 Å². The van der Waals surface area contributed by atoms with Crippen molar-refractivity contribution in [2.75, 3.05) is 26.2 Å². The molecule has 20 heavy (non-hydrogen) atoms. The summed E-state index contributed by atoms with van der Waals surface area (Å²) in [7, 11) is 0. The number of nitrogens with one attached hydrogen (secondary N) is 1. The van der Waals surface area contributed by atoms with Crippen LogP contribution in [0, 0.1) is 11.8 Å². The zero-order valence-electron chi connectivity index (χ0n) is 11.7. The van der Waals surface area contributed by atoms with Gasteiger partial charge >= 0.3 is 6.03 Å². The third-order valence-electron chi connectivity index (χ3n) is 3.91. The Morgan fingerprint density at radius 3 is 2.80 bits per heavy atom. The third kappa shape index (κ3) is 2.50. The summed E-state index contributed by atoms with van der Waals surface area (Å²) in [6, 6.07) is -0.0563. The van der Waals surface area contributed by atoms with Gasteiger partial charge in [0, 0.05) is 26.2 Å². The number of amidine groups is 1. The summed E-state index contributed by atoms with van der Waals surface area (Å²) in [5, 5.41) is 14.6. The van der Waals surface area contributed by atoms with E-state index >= 15 is 0 Å². The van der Waals surface area contributed by atoms with Gasteiger partial charge in [-0.05, 0) is 5.92 Å². The van der Waals surface area contributed by atoms with Crippen LogP contribution in [0.3, 0.4) is 0 Å². The first-order valence-electron chi connectivity index (χ1n) is 6.76. The molecular weight excluding hydrogens is 262 g/mol. The maximum Gasteiger partial charge on any atom is 0.317 e.